The number of hydrogen-bond donors (Lipinski definition) is 0. The summed E-state index contributed by atoms with van der Waals surface area (Å²) in [5, 5.41) is 1.46. The van der Waals surface area contributed by atoms with Crippen LogP contribution in [0.5, 0.6) is 0 Å². The molecule has 0 nitrogen and oxygen atoms in total. The van der Waals surface area contributed by atoms with Gasteiger partial charge in [0.05, 0.1) is 7.92 Å². The Kier molecular flexibility index (Phi) is 8.84. The first-order valence-electron chi connectivity index (χ1n) is 10.7. The van der Waals surface area contributed by atoms with Crippen molar-refractivity contribution in [3.8, 4) is 22.4 Å². The van der Waals surface area contributed by atoms with Gasteiger partial charge in [0.1, 0.15) is 16.1 Å². The van der Waals surface area contributed by atoms with E-state index in [4.69, 9.17) is 0 Å². The minimum absolute atomic E-state index is 0.485. The Morgan fingerprint density at radius 2 is 1.00 bits per heavy atom. The van der Waals surface area contributed by atoms with E-state index in [9.17, 15) is 0 Å². The Hall–Kier alpha value is -0.796. The molecule has 0 spiro atoms. The maximum Gasteiger partial charge on any atom is 0.129 e. The summed E-state index contributed by atoms with van der Waals surface area (Å²) in [6.45, 7) is 27.8. The van der Waals surface area contributed by atoms with Crippen LogP contribution in [0.4, 0.5) is 0 Å². The van der Waals surface area contributed by atoms with Crippen LogP contribution in [0.3, 0.4) is 0 Å². The first-order chi connectivity index (χ1) is 12.6. The summed E-state index contributed by atoms with van der Waals surface area (Å²) in [7, 11) is -3.67. The van der Waals surface area contributed by atoms with Crippen LogP contribution in [0.15, 0.2) is 12.1 Å². The van der Waals surface area contributed by atoms with E-state index >= 15 is 0 Å². The van der Waals surface area contributed by atoms with Crippen molar-refractivity contribution in [3.05, 3.63) is 28.8 Å². The number of benzene rings is 1. The van der Waals surface area contributed by atoms with E-state index in [1.165, 1.54) is 22.0 Å². The molecule has 0 unspecified atom stereocenters. The summed E-state index contributed by atoms with van der Waals surface area (Å²) < 4.78 is 0. The van der Waals surface area contributed by atoms with Gasteiger partial charge in [0.2, 0.25) is 0 Å². The van der Waals surface area contributed by atoms with Crippen LogP contribution < -0.4 is 5.30 Å². The second-order valence-corrected chi connectivity index (χ2v) is 21.9. The predicted octanol–water partition coefficient (Wildman–Crippen LogP) is 7.84. The zero-order valence-electron chi connectivity index (χ0n) is 20.3. The third kappa shape index (κ3) is 7.91. The summed E-state index contributed by atoms with van der Waals surface area (Å²) in [5.41, 5.74) is 19.1. The van der Waals surface area contributed by atoms with Gasteiger partial charge < -0.3 is 0 Å². The molecule has 0 bridgehead atoms. The predicted molar refractivity (Wildman–Crippen MR) is 138 cm³/mol. The molecule has 0 aromatic heterocycles. The van der Waals surface area contributed by atoms with Crippen molar-refractivity contribution >= 4 is 29.4 Å². The lowest BCUT2D eigenvalue weighted by Crippen LogP contribution is -2.20. The minimum atomic E-state index is -1.45. The van der Waals surface area contributed by atoms with Crippen molar-refractivity contribution in [2.45, 2.75) is 98.6 Å². The van der Waals surface area contributed by atoms with Crippen LogP contribution in [-0.2, 0) is 0 Å². The molecule has 0 amide bonds. The van der Waals surface area contributed by atoms with E-state index in [0.717, 1.165) is 0 Å². The van der Waals surface area contributed by atoms with Crippen LogP contribution in [-0.4, -0.2) is 16.1 Å². The smallest absolute Gasteiger partial charge is 0.126 e. The van der Waals surface area contributed by atoms with Crippen molar-refractivity contribution in [2.75, 3.05) is 0 Å². The number of rotatable bonds is 4. The van der Waals surface area contributed by atoms with E-state index < -0.39 is 24.1 Å². The molecule has 1 aromatic carbocycles. The average molecular weight is 429 g/mol. The van der Waals surface area contributed by atoms with E-state index in [0.29, 0.717) is 17.8 Å². The van der Waals surface area contributed by atoms with Gasteiger partial charge >= 0.3 is 0 Å². The first-order valence-corrected chi connectivity index (χ1v) is 19.0. The molecule has 0 atom stereocenters. The molecule has 1 rings (SSSR count). The fraction of sp³-hybridized carbons (Fsp3) is 0.600. The lowest BCUT2D eigenvalue weighted by atomic mass is 9.89. The monoisotopic (exact) mass is 428 g/mol. The maximum absolute atomic E-state index is 3.71. The quantitative estimate of drug-likeness (QED) is 0.260. The Balaban J connectivity index is 3.87. The molecule has 0 fully saturated rings. The lowest BCUT2D eigenvalue weighted by Gasteiger charge is -2.24. The highest BCUT2D eigenvalue weighted by molar-refractivity contribution is 7.75. The molecule has 28 heavy (non-hydrogen) atoms. The van der Waals surface area contributed by atoms with Crippen molar-refractivity contribution < 1.29 is 0 Å². The topological polar surface area (TPSA) is 0 Å². The molecular weight excluding hydrogens is 387 g/mol. The van der Waals surface area contributed by atoms with E-state index in [-0.39, 0.29) is 0 Å². The summed E-state index contributed by atoms with van der Waals surface area (Å²) in [4.78, 5) is 0. The Morgan fingerprint density at radius 3 is 1.25 bits per heavy atom. The first kappa shape index (κ1) is 25.2. The summed E-state index contributed by atoms with van der Waals surface area (Å²) in [6.07, 6.45) is 0. The fourth-order valence-corrected chi connectivity index (χ4v) is 7.78. The third-order valence-corrected chi connectivity index (χ3v) is 8.22. The molecule has 0 heterocycles. The Labute approximate surface area is 179 Å². The van der Waals surface area contributed by atoms with Crippen molar-refractivity contribution in [2.24, 2.45) is 0 Å². The second-order valence-electron chi connectivity index (χ2n) is 10.8. The summed E-state index contributed by atoms with van der Waals surface area (Å²) in [5.74, 6) is 1.51. The second kappa shape index (κ2) is 9.80. The van der Waals surface area contributed by atoms with Crippen LogP contribution in [0, 0.1) is 22.4 Å². The highest BCUT2D eigenvalue weighted by atomic mass is 31.1. The molecule has 0 saturated heterocycles. The van der Waals surface area contributed by atoms with Crippen LogP contribution >= 0.6 is 7.92 Å². The molecule has 3 heteroatoms. The van der Waals surface area contributed by atoms with Crippen molar-refractivity contribution in [3.63, 3.8) is 0 Å². The van der Waals surface area contributed by atoms with Crippen molar-refractivity contribution in [1.29, 1.82) is 0 Å². The Bertz CT molecular complexity index is 736. The van der Waals surface area contributed by atoms with Gasteiger partial charge in [0.15, 0.2) is 0 Å². The van der Waals surface area contributed by atoms with Gasteiger partial charge in [-0.15, -0.1) is 11.1 Å². The van der Waals surface area contributed by atoms with Gasteiger partial charge in [0.25, 0.3) is 0 Å². The fourth-order valence-electron chi connectivity index (χ4n) is 2.76. The number of hydrogen-bond acceptors (Lipinski definition) is 0. The van der Waals surface area contributed by atoms with Gasteiger partial charge in [-0.05, 0) is 34.4 Å². The summed E-state index contributed by atoms with van der Waals surface area (Å²) in [6, 6.07) is 4.89. The SMILES string of the molecule is CC(C)c1cc(C(C)C)c(P(C#C[Si](C)(C)C)C#C[Si](C)(C)C)c(C(C)C)c1. The van der Waals surface area contributed by atoms with Gasteiger partial charge in [-0.25, -0.2) is 0 Å². The Morgan fingerprint density at radius 1 is 0.643 bits per heavy atom. The standard InChI is InChI=1S/C25H41PSi2/c1-19(2)22-17-23(20(3)4)25(24(18-22)21(5)6)26(13-15-27(7,8)9)14-16-28(10,11)12/h17-21H,1-12H3. The van der Waals surface area contributed by atoms with Crippen LogP contribution in [0.1, 0.15) is 76.0 Å². The van der Waals surface area contributed by atoms with E-state index in [1.54, 1.807) is 0 Å². The zero-order chi connectivity index (χ0) is 21.9. The molecule has 154 valence electrons. The minimum Gasteiger partial charge on any atom is -0.126 e. The zero-order valence-corrected chi connectivity index (χ0v) is 23.2. The van der Waals surface area contributed by atoms with Gasteiger partial charge in [-0.3, -0.25) is 0 Å². The van der Waals surface area contributed by atoms with Crippen LogP contribution in [0.2, 0.25) is 39.3 Å². The molecule has 0 N–H and O–H groups in total. The maximum atomic E-state index is 3.71. The van der Waals surface area contributed by atoms with Crippen molar-refractivity contribution in [1.82, 2.24) is 0 Å². The summed E-state index contributed by atoms with van der Waals surface area (Å²) >= 11 is 0. The largest absolute Gasteiger partial charge is 0.129 e. The lowest BCUT2D eigenvalue weighted by molar-refractivity contribution is 0.813. The molecule has 0 radical (unpaired) electrons. The average Bonchev–Trinajstić information content (AvgIpc) is 2.51. The molecule has 0 saturated carbocycles. The van der Waals surface area contributed by atoms with E-state index in [1.807, 2.05) is 0 Å². The highest BCUT2D eigenvalue weighted by Crippen LogP contribution is 2.40. The van der Waals surface area contributed by atoms with Gasteiger partial charge in [0, 0.05) is 5.30 Å². The molecular formula is C25H41PSi2. The molecule has 0 aliphatic carbocycles. The highest BCUT2D eigenvalue weighted by Gasteiger charge is 2.23. The van der Waals surface area contributed by atoms with E-state index in [2.05, 4.69) is 115 Å². The molecule has 0 aliphatic heterocycles. The van der Waals surface area contributed by atoms with Crippen LogP contribution in [0.25, 0.3) is 0 Å². The molecule has 1 aromatic rings. The van der Waals surface area contributed by atoms with Gasteiger partial charge in [-0.2, -0.15) is 0 Å². The molecule has 0 aliphatic rings. The van der Waals surface area contributed by atoms with Gasteiger partial charge in [-0.1, -0.05) is 104 Å². The normalized spacial score (nSPS) is 12.3. The third-order valence-electron chi connectivity index (χ3n) is 4.41.